The van der Waals surface area contributed by atoms with Gasteiger partial charge in [-0.3, -0.25) is 0 Å². The molecule has 3 N–H and O–H groups in total. The van der Waals surface area contributed by atoms with Gasteiger partial charge in [-0.15, -0.1) is 0 Å². The lowest BCUT2D eigenvalue weighted by Gasteiger charge is -2.07. The Morgan fingerprint density at radius 3 is 2.69 bits per heavy atom. The van der Waals surface area contributed by atoms with Gasteiger partial charge in [-0.25, -0.2) is 8.78 Å². The molecule has 0 aliphatic carbocycles. The third kappa shape index (κ3) is 2.89. The Hall–Kier alpha value is -1.32. The Morgan fingerprint density at radius 1 is 1.46 bits per heavy atom. The second-order valence-corrected chi connectivity index (χ2v) is 2.84. The van der Waals surface area contributed by atoms with Gasteiger partial charge < -0.3 is 11.1 Å². The van der Waals surface area contributed by atoms with E-state index in [2.05, 4.69) is 5.32 Å². The Labute approximate surface area is 75.7 Å². The first-order valence-electron chi connectivity index (χ1n) is 3.97. The summed E-state index contributed by atoms with van der Waals surface area (Å²) in [5, 5.41) is 2.61. The Morgan fingerprint density at radius 2 is 2.15 bits per heavy atom. The molecule has 0 fully saturated rings. The number of nitrogens with one attached hydrogen (secondary N) is 1. The molecule has 0 bridgehead atoms. The van der Waals surface area contributed by atoms with E-state index in [-0.39, 0.29) is 6.54 Å². The van der Waals surface area contributed by atoms with Crippen LogP contribution in [0, 0.1) is 6.92 Å². The van der Waals surface area contributed by atoms with Gasteiger partial charge in [0.25, 0.3) is 6.43 Å². The molecule has 0 amide bonds. The van der Waals surface area contributed by atoms with Crippen molar-refractivity contribution in [2.75, 3.05) is 17.6 Å². The van der Waals surface area contributed by atoms with Crippen LogP contribution in [0.4, 0.5) is 20.2 Å². The van der Waals surface area contributed by atoms with E-state index in [1.807, 2.05) is 6.92 Å². The van der Waals surface area contributed by atoms with Crippen LogP contribution >= 0.6 is 0 Å². The summed E-state index contributed by atoms with van der Waals surface area (Å²) >= 11 is 0. The molecule has 4 heteroatoms. The number of hydrogen-bond donors (Lipinski definition) is 2. The summed E-state index contributed by atoms with van der Waals surface area (Å²) in [5.41, 5.74) is 7.80. The van der Waals surface area contributed by atoms with E-state index in [1.165, 1.54) is 0 Å². The molecule has 1 aromatic carbocycles. The van der Waals surface area contributed by atoms with Crippen molar-refractivity contribution in [2.24, 2.45) is 0 Å². The Balaban J connectivity index is 2.63. The third-order valence-electron chi connectivity index (χ3n) is 1.73. The van der Waals surface area contributed by atoms with Gasteiger partial charge in [-0.05, 0) is 30.7 Å². The van der Waals surface area contributed by atoms with Crippen LogP contribution in [0.15, 0.2) is 18.2 Å². The lowest BCUT2D eigenvalue weighted by Crippen LogP contribution is -2.10. The maximum absolute atomic E-state index is 11.8. The molecule has 0 spiro atoms. The fourth-order valence-corrected chi connectivity index (χ4v) is 0.981. The SMILES string of the molecule is Cc1cc(NCC(F)F)ccc1N. The monoisotopic (exact) mass is 186 g/mol. The number of anilines is 2. The molecule has 0 saturated carbocycles. The third-order valence-corrected chi connectivity index (χ3v) is 1.73. The number of benzene rings is 1. The van der Waals surface area contributed by atoms with E-state index in [0.29, 0.717) is 11.4 Å². The largest absolute Gasteiger partial charge is 0.399 e. The first kappa shape index (κ1) is 9.77. The number of hydrogen-bond acceptors (Lipinski definition) is 2. The molecule has 0 saturated heterocycles. The van der Waals surface area contributed by atoms with E-state index >= 15 is 0 Å². The number of rotatable bonds is 3. The summed E-state index contributed by atoms with van der Waals surface area (Å²) < 4.78 is 23.6. The van der Waals surface area contributed by atoms with Gasteiger partial charge >= 0.3 is 0 Å². The zero-order valence-electron chi connectivity index (χ0n) is 7.35. The van der Waals surface area contributed by atoms with Crippen LogP contribution in [0.25, 0.3) is 0 Å². The fraction of sp³-hybridized carbons (Fsp3) is 0.333. The predicted molar refractivity (Wildman–Crippen MR) is 50.1 cm³/mol. The summed E-state index contributed by atoms with van der Waals surface area (Å²) in [7, 11) is 0. The molecule has 0 unspecified atom stereocenters. The second-order valence-electron chi connectivity index (χ2n) is 2.84. The van der Waals surface area contributed by atoms with Gasteiger partial charge in [0.1, 0.15) is 0 Å². The van der Waals surface area contributed by atoms with Crippen LogP contribution in [-0.2, 0) is 0 Å². The molecule has 2 nitrogen and oxygen atoms in total. The van der Waals surface area contributed by atoms with E-state index < -0.39 is 6.43 Å². The summed E-state index contributed by atoms with van der Waals surface area (Å²) in [6.07, 6.45) is -2.34. The van der Waals surface area contributed by atoms with Crippen LogP contribution in [-0.4, -0.2) is 13.0 Å². The van der Waals surface area contributed by atoms with Gasteiger partial charge in [0.05, 0.1) is 6.54 Å². The number of halogens is 2. The maximum Gasteiger partial charge on any atom is 0.255 e. The van der Waals surface area contributed by atoms with Gasteiger partial charge in [0, 0.05) is 11.4 Å². The lowest BCUT2D eigenvalue weighted by molar-refractivity contribution is 0.163. The highest BCUT2D eigenvalue weighted by Crippen LogP contribution is 2.16. The molecular formula is C9H12F2N2. The molecule has 0 atom stereocenters. The van der Waals surface area contributed by atoms with Crippen molar-refractivity contribution in [3.8, 4) is 0 Å². The molecule has 0 heterocycles. The van der Waals surface area contributed by atoms with Crippen LogP contribution in [0.3, 0.4) is 0 Å². The minimum absolute atomic E-state index is 0.330. The van der Waals surface area contributed by atoms with E-state index in [0.717, 1.165) is 5.56 Å². The van der Waals surface area contributed by atoms with Crippen LogP contribution in [0.2, 0.25) is 0 Å². The quantitative estimate of drug-likeness (QED) is 0.710. The van der Waals surface area contributed by atoms with Crippen LogP contribution in [0.5, 0.6) is 0 Å². The maximum atomic E-state index is 11.8. The molecule has 0 aromatic heterocycles. The summed E-state index contributed by atoms with van der Waals surface area (Å²) in [5.74, 6) is 0. The molecule has 1 rings (SSSR count). The molecule has 72 valence electrons. The first-order valence-corrected chi connectivity index (χ1v) is 3.97. The van der Waals surface area contributed by atoms with Crippen molar-refractivity contribution in [2.45, 2.75) is 13.3 Å². The molecule has 13 heavy (non-hydrogen) atoms. The van der Waals surface area contributed by atoms with Crippen molar-refractivity contribution < 1.29 is 8.78 Å². The zero-order valence-corrected chi connectivity index (χ0v) is 7.35. The molecule has 0 aliphatic heterocycles. The normalized spacial score (nSPS) is 10.5. The Bertz CT molecular complexity index is 287. The van der Waals surface area contributed by atoms with E-state index in [9.17, 15) is 8.78 Å². The van der Waals surface area contributed by atoms with Gasteiger partial charge in [0.2, 0.25) is 0 Å². The molecule has 1 aromatic rings. The van der Waals surface area contributed by atoms with E-state index in [4.69, 9.17) is 5.73 Å². The number of aryl methyl sites for hydroxylation is 1. The smallest absolute Gasteiger partial charge is 0.255 e. The number of nitrogen functional groups attached to an aromatic ring is 1. The van der Waals surface area contributed by atoms with E-state index in [1.54, 1.807) is 18.2 Å². The van der Waals surface area contributed by atoms with Crippen molar-refractivity contribution >= 4 is 11.4 Å². The second kappa shape index (κ2) is 4.07. The van der Waals surface area contributed by atoms with Gasteiger partial charge in [-0.1, -0.05) is 0 Å². The highest BCUT2D eigenvalue weighted by Gasteiger charge is 2.01. The number of nitrogens with two attached hydrogens (primary N) is 1. The van der Waals surface area contributed by atoms with Crippen molar-refractivity contribution in [1.29, 1.82) is 0 Å². The minimum atomic E-state index is -2.34. The van der Waals surface area contributed by atoms with Gasteiger partial charge in [0.15, 0.2) is 0 Å². The highest BCUT2D eigenvalue weighted by atomic mass is 19.3. The van der Waals surface area contributed by atoms with Crippen molar-refractivity contribution in [1.82, 2.24) is 0 Å². The summed E-state index contributed by atoms with van der Waals surface area (Å²) in [6.45, 7) is 1.51. The standard InChI is InChI=1S/C9H12F2N2/c1-6-4-7(2-3-8(6)12)13-5-9(10)11/h2-4,9,13H,5,12H2,1H3. The zero-order chi connectivity index (χ0) is 9.84. The van der Waals surface area contributed by atoms with Crippen LogP contribution in [0.1, 0.15) is 5.56 Å². The lowest BCUT2D eigenvalue weighted by atomic mass is 10.2. The number of alkyl halides is 2. The Kier molecular flexibility index (Phi) is 3.06. The average Bonchev–Trinajstić information content (AvgIpc) is 2.07. The van der Waals surface area contributed by atoms with Crippen molar-refractivity contribution in [3.63, 3.8) is 0 Å². The van der Waals surface area contributed by atoms with Crippen molar-refractivity contribution in [3.05, 3.63) is 23.8 Å². The summed E-state index contributed by atoms with van der Waals surface area (Å²) in [4.78, 5) is 0. The molecule has 0 aliphatic rings. The van der Waals surface area contributed by atoms with Gasteiger partial charge in [-0.2, -0.15) is 0 Å². The fourth-order valence-electron chi connectivity index (χ4n) is 0.981. The van der Waals surface area contributed by atoms with Crippen LogP contribution < -0.4 is 11.1 Å². The molecule has 0 radical (unpaired) electrons. The predicted octanol–water partition coefficient (Wildman–Crippen LogP) is 2.25. The minimum Gasteiger partial charge on any atom is -0.399 e. The first-order chi connectivity index (χ1) is 6.09. The highest BCUT2D eigenvalue weighted by molar-refractivity contribution is 5.56. The molecular weight excluding hydrogens is 174 g/mol. The topological polar surface area (TPSA) is 38.0 Å². The average molecular weight is 186 g/mol. The summed E-state index contributed by atoms with van der Waals surface area (Å²) in [6, 6.07) is 5.13.